The Morgan fingerprint density at radius 1 is 0.872 bits per heavy atom. The van der Waals surface area contributed by atoms with Gasteiger partial charge in [0.1, 0.15) is 5.75 Å². The van der Waals surface area contributed by atoms with Crippen LogP contribution in [0.2, 0.25) is 0 Å². The highest BCUT2D eigenvalue weighted by Gasteiger charge is 2.22. The summed E-state index contributed by atoms with van der Waals surface area (Å²) in [4.78, 5) is 57.6. The molecule has 13 nitrogen and oxygen atoms in total. The molecule has 3 aromatic rings. The summed E-state index contributed by atoms with van der Waals surface area (Å²) in [6, 6.07) is 14.8. The first-order valence-corrected chi connectivity index (χ1v) is 11.3. The van der Waals surface area contributed by atoms with Gasteiger partial charge in [-0.05, 0) is 36.4 Å². The van der Waals surface area contributed by atoms with Crippen molar-refractivity contribution in [3.63, 3.8) is 0 Å². The lowest BCUT2D eigenvalue weighted by molar-refractivity contribution is -0.394. The van der Waals surface area contributed by atoms with Crippen molar-refractivity contribution in [2.45, 2.75) is 20.8 Å². The standard InChI is InChI=1S/C26H23N5O8/c1-26(2,3)25(34)28-19-10-8-16(9-11-19)23(32)29-27-15-17-6-4-5-7-22(17)39-24(33)18-12-20(30(35)36)14-21(13-18)31(37)38/h4-15H,1-3H3,(H,28,34)(H,29,32)/b27-15-. The number of carbonyl (C=O) groups is 3. The zero-order valence-corrected chi connectivity index (χ0v) is 21.0. The predicted molar refractivity (Wildman–Crippen MR) is 141 cm³/mol. The van der Waals surface area contributed by atoms with Crippen LogP contribution in [0.5, 0.6) is 5.75 Å². The Kier molecular flexibility index (Phi) is 8.45. The summed E-state index contributed by atoms with van der Waals surface area (Å²) < 4.78 is 5.29. The summed E-state index contributed by atoms with van der Waals surface area (Å²) in [5.74, 6) is -1.79. The fourth-order valence-electron chi connectivity index (χ4n) is 3.01. The molecule has 0 spiro atoms. The maximum atomic E-state index is 12.6. The van der Waals surface area contributed by atoms with Crippen LogP contribution in [0.15, 0.2) is 71.8 Å². The molecule has 0 aliphatic heterocycles. The topological polar surface area (TPSA) is 183 Å². The molecule has 0 aliphatic rings. The third-order valence-corrected chi connectivity index (χ3v) is 5.14. The summed E-state index contributed by atoms with van der Waals surface area (Å²) in [6.45, 7) is 5.34. The average molecular weight is 533 g/mol. The fraction of sp³-hybridized carbons (Fsp3) is 0.154. The fourth-order valence-corrected chi connectivity index (χ4v) is 3.01. The third kappa shape index (κ3) is 7.52. The molecule has 0 saturated carbocycles. The van der Waals surface area contributed by atoms with Gasteiger partial charge < -0.3 is 10.1 Å². The highest BCUT2D eigenvalue weighted by molar-refractivity contribution is 5.98. The van der Waals surface area contributed by atoms with Crippen LogP contribution < -0.4 is 15.5 Å². The number of hydrogen-bond acceptors (Lipinski definition) is 9. The van der Waals surface area contributed by atoms with E-state index in [0.717, 1.165) is 18.2 Å². The molecule has 3 rings (SSSR count). The second kappa shape index (κ2) is 11.7. The van der Waals surface area contributed by atoms with Crippen LogP contribution in [0.25, 0.3) is 0 Å². The van der Waals surface area contributed by atoms with E-state index in [-0.39, 0.29) is 22.8 Å². The van der Waals surface area contributed by atoms with Crippen LogP contribution in [0.3, 0.4) is 0 Å². The molecule has 3 aromatic carbocycles. The van der Waals surface area contributed by atoms with Crippen molar-refractivity contribution in [1.29, 1.82) is 0 Å². The molecular formula is C26H23N5O8. The molecule has 0 unspecified atom stereocenters. The van der Waals surface area contributed by atoms with Crippen molar-refractivity contribution >= 4 is 41.1 Å². The minimum atomic E-state index is -1.06. The number of nitrogens with one attached hydrogen (secondary N) is 2. The van der Waals surface area contributed by atoms with Gasteiger partial charge in [0.25, 0.3) is 17.3 Å². The van der Waals surface area contributed by atoms with Gasteiger partial charge in [-0.25, -0.2) is 10.2 Å². The largest absolute Gasteiger partial charge is 0.422 e. The van der Waals surface area contributed by atoms with Crippen molar-refractivity contribution in [2.75, 3.05) is 5.32 Å². The van der Waals surface area contributed by atoms with Gasteiger partial charge in [0.05, 0.1) is 27.7 Å². The summed E-state index contributed by atoms with van der Waals surface area (Å²) in [5, 5.41) is 28.8. The second-order valence-electron chi connectivity index (χ2n) is 9.16. The Hall–Kier alpha value is -5.46. The van der Waals surface area contributed by atoms with Gasteiger partial charge in [-0.1, -0.05) is 32.9 Å². The predicted octanol–water partition coefficient (Wildman–Crippen LogP) is 4.47. The number of nitro benzene ring substituents is 2. The molecule has 2 N–H and O–H groups in total. The summed E-state index contributed by atoms with van der Waals surface area (Å²) in [5.41, 5.74) is 1.16. The Labute approximate surface area is 221 Å². The van der Waals surface area contributed by atoms with Crippen LogP contribution in [-0.2, 0) is 4.79 Å². The molecule has 0 aliphatic carbocycles. The number of carbonyl (C=O) groups excluding carboxylic acids is 3. The molecule has 0 bridgehead atoms. The molecule has 13 heteroatoms. The maximum Gasteiger partial charge on any atom is 0.344 e. The van der Waals surface area contributed by atoms with Crippen LogP contribution in [-0.4, -0.2) is 33.8 Å². The first-order valence-electron chi connectivity index (χ1n) is 11.3. The molecule has 0 atom stereocenters. The van der Waals surface area contributed by atoms with Gasteiger partial charge in [-0.3, -0.25) is 29.8 Å². The Balaban J connectivity index is 1.70. The van der Waals surface area contributed by atoms with E-state index < -0.39 is 44.1 Å². The van der Waals surface area contributed by atoms with E-state index in [0.29, 0.717) is 5.69 Å². The smallest absolute Gasteiger partial charge is 0.344 e. The molecular weight excluding hydrogens is 510 g/mol. The molecule has 39 heavy (non-hydrogen) atoms. The lowest BCUT2D eigenvalue weighted by atomic mass is 9.95. The van der Waals surface area contributed by atoms with Crippen molar-refractivity contribution in [3.8, 4) is 5.75 Å². The van der Waals surface area contributed by atoms with Gasteiger partial charge in [-0.15, -0.1) is 0 Å². The van der Waals surface area contributed by atoms with E-state index in [1.807, 2.05) is 0 Å². The average Bonchev–Trinajstić information content (AvgIpc) is 2.89. The Morgan fingerprint density at radius 2 is 1.46 bits per heavy atom. The third-order valence-electron chi connectivity index (χ3n) is 5.14. The number of amides is 2. The number of non-ortho nitro benzene ring substituents is 2. The number of para-hydroxylation sites is 1. The summed E-state index contributed by atoms with van der Waals surface area (Å²) >= 11 is 0. The zero-order valence-electron chi connectivity index (χ0n) is 21.0. The molecule has 0 aromatic heterocycles. The normalized spacial score (nSPS) is 11.1. The lowest BCUT2D eigenvalue weighted by Gasteiger charge is -2.17. The Bertz CT molecular complexity index is 1440. The summed E-state index contributed by atoms with van der Waals surface area (Å²) in [7, 11) is 0. The quantitative estimate of drug-likeness (QED) is 0.140. The van der Waals surface area contributed by atoms with Gasteiger partial charge in [-0.2, -0.15) is 5.10 Å². The van der Waals surface area contributed by atoms with Crippen molar-refractivity contribution in [1.82, 2.24) is 5.43 Å². The first kappa shape index (κ1) is 28.1. The van der Waals surface area contributed by atoms with Crippen molar-refractivity contribution in [3.05, 3.63) is 104 Å². The number of benzene rings is 3. The number of nitrogens with zero attached hydrogens (tertiary/aromatic N) is 3. The molecule has 200 valence electrons. The molecule has 0 fully saturated rings. The zero-order chi connectivity index (χ0) is 28.7. The van der Waals surface area contributed by atoms with Crippen molar-refractivity contribution < 1.29 is 29.0 Å². The number of ether oxygens (including phenoxy) is 1. The minimum absolute atomic E-state index is 0.00593. The van der Waals surface area contributed by atoms with E-state index in [1.54, 1.807) is 45.0 Å². The monoisotopic (exact) mass is 533 g/mol. The van der Waals surface area contributed by atoms with E-state index in [1.165, 1.54) is 30.5 Å². The number of hydrazone groups is 1. The van der Waals surface area contributed by atoms with E-state index >= 15 is 0 Å². The first-order chi connectivity index (χ1) is 18.3. The number of rotatable bonds is 8. The number of esters is 1. The maximum absolute atomic E-state index is 12.6. The number of anilines is 1. The van der Waals surface area contributed by atoms with Gasteiger partial charge >= 0.3 is 5.97 Å². The van der Waals surface area contributed by atoms with E-state index in [4.69, 9.17) is 4.74 Å². The van der Waals surface area contributed by atoms with Gasteiger partial charge in [0.15, 0.2) is 0 Å². The van der Waals surface area contributed by atoms with E-state index in [2.05, 4.69) is 15.8 Å². The molecule has 0 saturated heterocycles. The van der Waals surface area contributed by atoms with Crippen LogP contribution in [0, 0.1) is 25.6 Å². The SMILES string of the molecule is CC(C)(C)C(=O)Nc1ccc(C(=O)N/N=C\c2ccccc2OC(=O)c2cc([N+](=O)[O-])cc([N+](=O)[O-])c2)cc1. The highest BCUT2D eigenvalue weighted by atomic mass is 16.6. The summed E-state index contributed by atoms with van der Waals surface area (Å²) in [6.07, 6.45) is 1.22. The van der Waals surface area contributed by atoms with Gasteiger partial charge in [0, 0.05) is 34.4 Å². The number of nitro groups is 2. The van der Waals surface area contributed by atoms with Crippen LogP contribution >= 0.6 is 0 Å². The van der Waals surface area contributed by atoms with Crippen LogP contribution in [0.1, 0.15) is 47.1 Å². The highest BCUT2D eigenvalue weighted by Crippen LogP contribution is 2.25. The van der Waals surface area contributed by atoms with E-state index in [9.17, 15) is 34.6 Å². The second-order valence-corrected chi connectivity index (χ2v) is 9.16. The molecule has 2 amide bonds. The minimum Gasteiger partial charge on any atom is -0.422 e. The molecule has 0 radical (unpaired) electrons. The van der Waals surface area contributed by atoms with Crippen molar-refractivity contribution in [2.24, 2.45) is 10.5 Å². The van der Waals surface area contributed by atoms with Gasteiger partial charge in [0.2, 0.25) is 5.91 Å². The van der Waals surface area contributed by atoms with Crippen LogP contribution in [0.4, 0.5) is 17.1 Å². The molecule has 0 heterocycles. The lowest BCUT2D eigenvalue weighted by Crippen LogP contribution is -2.27. The Morgan fingerprint density at radius 3 is 2.03 bits per heavy atom. The number of hydrogen-bond donors (Lipinski definition) is 2.